The summed E-state index contributed by atoms with van der Waals surface area (Å²) in [6.45, 7) is 6.10. The van der Waals surface area contributed by atoms with Crippen molar-refractivity contribution in [3.05, 3.63) is 35.9 Å². The predicted octanol–water partition coefficient (Wildman–Crippen LogP) is 0.808. The Morgan fingerprint density at radius 2 is 1.87 bits per heavy atom. The Bertz CT molecular complexity index is 619. The van der Waals surface area contributed by atoms with Gasteiger partial charge in [-0.05, 0) is 12.5 Å². The molecule has 1 heterocycles. The van der Waals surface area contributed by atoms with Crippen LogP contribution in [-0.4, -0.2) is 63.2 Å². The van der Waals surface area contributed by atoms with Gasteiger partial charge in [-0.2, -0.15) is 5.26 Å². The minimum Gasteiger partial charge on any atom is -0.299 e. The Kier molecular flexibility index (Phi) is 6.54. The number of nitrogens with one attached hydrogen (secondary N) is 1. The van der Waals surface area contributed by atoms with Crippen molar-refractivity contribution in [2.75, 3.05) is 45.0 Å². The zero-order chi connectivity index (χ0) is 16.7. The van der Waals surface area contributed by atoms with Crippen molar-refractivity contribution < 1.29 is 8.42 Å². The van der Waals surface area contributed by atoms with Gasteiger partial charge in [0.05, 0.1) is 11.8 Å². The molecule has 0 aliphatic carbocycles. The molecule has 0 radical (unpaired) electrons. The fourth-order valence-electron chi connectivity index (χ4n) is 2.71. The lowest BCUT2D eigenvalue weighted by Crippen LogP contribution is -2.49. The maximum Gasteiger partial charge on any atom is 0.211 e. The summed E-state index contributed by atoms with van der Waals surface area (Å²) in [6.07, 6.45) is 0. The van der Waals surface area contributed by atoms with Crippen LogP contribution in [0.15, 0.2) is 30.3 Å². The second kappa shape index (κ2) is 8.41. The molecule has 23 heavy (non-hydrogen) atoms. The van der Waals surface area contributed by atoms with E-state index in [4.69, 9.17) is 0 Å². The molecule has 0 unspecified atom stereocenters. The molecule has 126 valence electrons. The number of rotatable bonds is 7. The first-order valence-electron chi connectivity index (χ1n) is 7.94. The van der Waals surface area contributed by atoms with E-state index in [1.54, 1.807) is 6.92 Å². The van der Waals surface area contributed by atoms with Crippen molar-refractivity contribution in [1.82, 2.24) is 14.5 Å². The number of benzene rings is 1. The highest BCUT2D eigenvalue weighted by Crippen LogP contribution is 2.21. The largest absolute Gasteiger partial charge is 0.299 e. The molecule has 0 spiro atoms. The van der Waals surface area contributed by atoms with Crippen LogP contribution in [-0.2, 0) is 10.0 Å². The Morgan fingerprint density at radius 3 is 2.43 bits per heavy atom. The highest BCUT2D eigenvalue weighted by Gasteiger charge is 2.24. The van der Waals surface area contributed by atoms with Crippen molar-refractivity contribution in [1.29, 1.82) is 5.26 Å². The normalized spacial score (nSPS) is 18.4. The first kappa shape index (κ1) is 17.9. The number of sulfonamides is 1. The smallest absolute Gasteiger partial charge is 0.211 e. The van der Waals surface area contributed by atoms with Crippen LogP contribution in [0.4, 0.5) is 0 Å². The summed E-state index contributed by atoms with van der Waals surface area (Å²) in [6, 6.07) is 12.0. The van der Waals surface area contributed by atoms with Gasteiger partial charge in [0.2, 0.25) is 10.0 Å². The Balaban J connectivity index is 1.80. The third kappa shape index (κ3) is 5.29. The van der Waals surface area contributed by atoms with E-state index in [1.165, 1.54) is 0 Å². The van der Waals surface area contributed by atoms with Gasteiger partial charge in [-0.15, -0.1) is 0 Å². The molecule has 0 bridgehead atoms. The van der Waals surface area contributed by atoms with E-state index in [9.17, 15) is 13.7 Å². The van der Waals surface area contributed by atoms with Gasteiger partial charge in [0, 0.05) is 39.3 Å². The summed E-state index contributed by atoms with van der Waals surface area (Å²) in [4.78, 5) is 4.41. The second-order valence-corrected chi connectivity index (χ2v) is 7.71. The summed E-state index contributed by atoms with van der Waals surface area (Å²) in [5, 5.41) is 9.47. The molecule has 1 aromatic rings. The van der Waals surface area contributed by atoms with Gasteiger partial charge >= 0.3 is 0 Å². The first-order valence-corrected chi connectivity index (χ1v) is 9.59. The first-order chi connectivity index (χ1) is 11.1. The summed E-state index contributed by atoms with van der Waals surface area (Å²) < 4.78 is 25.4. The number of nitriles is 1. The van der Waals surface area contributed by atoms with E-state index in [0.29, 0.717) is 13.1 Å². The van der Waals surface area contributed by atoms with E-state index in [1.807, 2.05) is 30.3 Å². The summed E-state index contributed by atoms with van der Waals surface area (Å²) in [5.74, 6) is 0.113. The van der Waals surface area contributed by atoms with Gasteiger partial charge in [0.15, 0.2) is 0 Å². The average Bonchev–Trinajstić information content (AvgIpc) is 2.58. The van der Waals surface area contributed by atoms with Crippen molar-refractivity contribution in [3.63, 3.8) is 0 Å². The lowest BCUT2D eigenvalue weighted by atomic mass is 10.1. The molecule has 2 rings (SSSR count). The fourth-order valence-corrected chi connectivity index (χ4v) is 3.32. The molecule has 6 nitrogen and oxygen atoms in total. The standard InChI is InChI=1S/C16H24N4O2S/c1-2-23(21,22)18-8-9-19-10-12-20(13-11-19)16(14-17)15-6-4-3-5-7-15/h3-7,16,18H,2,8-13H2,1H3/t16-/m0/s1. The highest BCUT2D eigenvalue weighted by molar-refractivity contribution is 7.89. The monoisotopic (exact) mass is 336 g/mol. The molecule has 0 amide bonds. The fraction of sp³-hybridized carbons (Fsp3) is 0.562. The van der Waals surface area contributed by atoms with Crippen molar-refractivity contribution in [2.24, 2.45) is 0 Å². The molecule has 1 aromatic carbocycles. The molecule has 0 aromatic heterocycles. The van der Waals surface area contributed by atoms with Crippen LogP contribution in [0.25, 0.3) is 0 Å². The minimum absolute atomic E-state index is 0.113. The molecular weight excluding hydrogens is 312 g/mol. The van der Waals surface area contributed by atoms with Crippen LogP contribution in [0.1, 0.15) is 18.5 Å². The molecule has 0 saturated carbocycles. The molecule has 1 saturated heterocycles. The topological polar surface area (TPSA) is 76.4 Å². The summed E-state index contributed by atoms with van der Waals surface area (Å²) >= 11 is 0. The summed E-state index contributed by atoms with van der Waals surface area (Å²) in [7, 11) is -3.11. The van der Waals surface area contributed by atoms with Crippen LogP contribution >= 0.6 is 0 Å². The van der Waals surface area contributed by atoms with Gasteiger partial charge in [-0.25, -0.2) is 13.1 Å². The Labute approximate surface area is 138 Å². The molecule has 1 N–H and O–H groups in total. The van der Waals surface area contributed by atoms with Crippen LogP contribution < -0.4 is 4.72 Å². The molecule has 1 atom stereocenters. The lowest BCUT2D eigenvalue weighted by molar-refractivity contribution is 0.116. The van der Waals surface area contributed by atoms with Gasteiger partial charge in [0.1, 0.15) is 6.04 Å². The van der Waals surface area contributed by atoms with E-state index < -0.39 is 10.0 Å². The van der Waals surface area contributed by atoms with E-state index in [-0.39, 0.29) is 11.8 Å². The highest BCUT2D eigenvalue weighted by atomic mass is 32.2. The lowest BCUT2D eigenvalue weighted by Gasteiger charge is -2.37. The molecule has 7 heteroatoms. The maximum atomic E-state index is 11.4. The number of hydrogen-bond acceptors (Lipinski definition) is 5. The third-order valence-electron chi connectivity index (χ3n) is 4.14. The van der Waals surface area contributed by atoms with E-state index in [0.717, 1.165) is 31.7 Å². The number of nitrogens with zero attached hydrogens (tertiary/aromatic N) is 3. The zero-order valence-electron chi connectivity index (χ0n) is 13.5. The molecule has 1 aliphatic heterocycles. The van der Waals surface area contributed by atoms with Gasteiger partial charge in [0.25, 0.3) is 0 Å². The average molecular weight is 336 g/mol. The van der Waals surface area contributed by atoms with Gasteiger partial charge in [-0.3, -0.25) is 9.80 Å². The van der Waals surface area contributed by atoms with Crippen LogP contribution in [0.3, 0.4) is 0 Å². The predicted molar refractivity (Wildman–Crippen MR) is 90.3 cm³/mol. The van der Waals surface area contributed by atoms with Crippen molar-refractivity contribution in [2.45, 2.75) is 13.0 Å². The van der Waals surface area contributed by atoms with Crippen molar-refractivity contribution >= 4 is 10.0 Å². The number of piperazine rings is 1. The van der Waals surface area contributed by atoms with Crippen molar-refractivity contribution in [3.8, 4) is 6.07 Å². The van der Waals surface area contributed by atoms with Crippen LogP contribution in [0.2, 0.25) is 0 Å². The van der Waals surface area contributed by atoms with Crippen LogP contribution in [0, 0.1) is 11.3 Å². The molecule has 1 aliphatic rings. The quantitative estimate of drug-likeness (QED) is 0.797. The minimum atomic E-state index is -3.11. The number of hydrogen-bond donors (Lipinski definition) is 1. The van der Waals surface area contributed by atoms with E-state index >= 15 is 0 Å². The van der Waals surface area contributed by atoms with Crippen LogP contribution in [0.5, 0.6) is 0 Å². The Hall–Kier alpha value is -1.46. The summed E-state index contributed by atoms with van der Waals surface area (Å²) in [5.41, 5.74) is 1.03. The maximum absolute atomic E-state index is 11.4. The zero-order valence-corrected chi connectivity index (χ0v) is 14.3. The Morgan fingerprint density at radius 1 is 1.22 bits per heavy atom. The molecule has 1 fully saturated rings. The second-order valence-electron chi connectivity index (χ2n) is 5.62. The van der Waals surface area contributed by atoms with Gasteiger partial charge < -0.3 is 0 Å². The van der Waals surface area contributed by atoms with Gasteiger partial charge in [-0.1, -0.05) is 30.3 Å². The van der Waals surface area contributed by atoms with E-state index in [2.05, 4.69) is 20.6 Å². The SMILES string of the molecule is CCS(=O)(=O)NCCN1CCN([C@@H](C#N)c2ccccc2)CC1. The molecular formula is C16H24N4O2S. The third-order valence-corrected chi connectivity index (χ3v) is 5.54.